The Labute approximate surface area is 103 Å². The van der Waals surface area contributed by atoms with Crippen molar-refractivity contribution in [1.29, 1.82) is 0 Å². The van der Waals surface area contributed by atoms with E-state index in [1.165, 1.54) is 11.3 Å². The number of hydrogen-bond donors (Lipinski definition) is 0. The van der Waals surface area contributed by atoms with E-state index < -0.39 is 0 Å². The zero-order valence-corrected chi connectivity index (χ0v) is 10.4. The van der Waals surface area contributed by atoms with Gasteiger partial charge in [0.05, 0.1) is 19.9 Å². The zero-order valence-electron chi connectivity index (χ0n) is 8.86. The number of aromatic nitrogens is 1. The highest BCUT2D eigenvalue weighted by Gasteiger charge is 2.10. The summed E-state index contributed by atoms with van der Waals surface area (Å²) >= 11 is 7.20. The van der Waals surface area contributed by atoms with Gasteiger partial charge in [0.1, 0.15) is 11.5 Å². The standard InChI is InChI=1S/C11H10ClNO2S/c1-14-7-3-4-8(10(5-7)15-2)9-6-16-11(12)13-9/h3-6H,1-2H3. The lowest BCUT2D eigenvalue weighted by Gasteiger charge is -2.08. The summed E-state index contributed by atoms with van der Waals surface area (Å²) in [6.45, 7) is 0. The number of rotatable bonds is 3. The summed E-state index contributed by atoms with van der Waals surface area (Å²) in [6, 6.07) is 5.59. The Morgan fingerprint density at radius 3 is 2.62 bits per heavy atom. The third-order valence-corrected chi connectivity index (χ3v) is 3.14. The van der Waals surface area contributed by atoms with Crippen molar-refractivity contribution in [2.75, 3.05) is 14.2 Å². The average molecular weight is 256 g/mol. The zero-order chi connectivity index (χ0) is 11.5. The number of hydrogen-bond acceptors (Lipinski definition) is 4. The van der Waals surface area contributed by atoms with Gasteiger partial charge < -0.3 is 9.47 Å². The van der Waals surface area contributed by atoms with Crippen molar-refractivity contribution < 1.29 is 9.47 Å². The number of nitrogens with zero attached hydrogens (tertiary/aromatic N) is 1. The summed E-state index contributed by atoms with van der Waals surface area (Å²) in [5.41, 5.74) is 1.72. The quantitative estimate of drug-likeness (QED) is 0.841. The Bertz CT molecular complexity index is 498. The number of thiazole rings is 1. The van der Waals surface area contributed by atoms with Crippen molar-refractivity contribution >= 4 is 22.9 Å². The van der Waals surface area contributed by atoms with Crippen LogP contribution < -0.4 is 9.47 Å². The van der Waals surface area contributed by atoms with Gasteiger partial charge in [-0.2, -0.15) is 0 Å². The molecule has 3 nitrogen and oxygen atoms in total. The van der Waals surface area contributed by atoms with E-state index in [9.17, 15) is 0 Å². The highest BCUT2D eigenvalue weighted by atomic mass is 35.5. The predicted molar refractivity (Wildman–Crippen MR) is 65.7 cm³/mol. The Balaban J connectivity index is 2.48. The van der Waals surface area contributed by atoms with Gasteiger partial charge in [0.2, 0.25) is 0 Å². The molecule has 1 aromatic carbocycles. The van der Waals surface area contributed by atoms with Crippen molar-refractivity contribution in [2.45, 2.75) is 0 Å². The molecular weight excluding hydrogens is 246 g/mol. The van der Waals surface area contributed by atoms with Gasteiger partial charge in [-0.25, -0.2) is 4.98 Å². The molecule has 0 aliphatic rings. The largest absolute Gasteiger partial charge is 0.497 e. The number of halogens is 1. The van der Waals surface area contributed by atoms with E-state index in [1.807, 2.05) is 23.6 Å². The van der Waals surface area contributed by atoms with Gasteiger partial charge in [-0.05, 0) is 12.1 Å². The number of benzene rings is 1. The second kappa shape index (κ2) is 4.72. The number of ether oxygens (including phenoxy) is 2. The molecule has 0 fully saturated rings. The summed E-state index contributed by atoms with van der Waals surface area (Å²) in [6.07, 6.45) is 0. The fourth-order valence-electron chi connectivity index (χ4n) is 1.39. The average Bonchev–Trinajstić information content (AvgIpc) is 2.74. The Morgan fingerprint density at radius 2 is 2.06 bits per heavy atom. The Morgan fingerprint density at radius 1 is 1.25 bits per heavy atom. The molecule has 0 unspecified atom stereocenters. The van der Waals surface area contributed by atoms with E-state index in [1.54, 1.807) is 14.2 Å². The lowest BCUT2D eigenvalue weighted by Crippen LogP contribution is -1.90. The maximum absolute atomic E-state index is 5.81. The minimum absolute atomic E-state index is 0.521. The molecule has 1 heterocycles. The fraction of sp³-hybridized carbons (Fsp3) is 0.182. The van der Waals surface area contributed by atoms with Gasteiger partial charge in [0.15, 0.2) is 4.47 Å². The molecular formula is C11H10ClNO2S. The number of methoxy groups -OCH3 is 2. The molecule has 0 saturated carbocycles. The fourth-order valence-corrected chi connectivity index (χ4v) is 2.15. The minimum atomic E-state index is 0.521. The lowest BCUT2D eigenvalue weighted by molar-refractivity contribution is 0.395. The topological polar surface area (TPSA) is 31.4 Å². The molecule has 2 rings (SSSR count). The van der Waals surface area contributed by atoms with Crippen LogP contribution in [0.15, 0.2) is 23.6 Å². The summed E-state index contributed by atoms with van der Waals surface area (Å²) in [4.78, 5) is 4.21. The van der Waals surface area contributed by atoms with Crippen LogP contribution in [0.5, 0.6) is 11.5 Å². The van der Waals surface area contributed by atoms with E-state index in [4.69, 9.17) is 21.1 Å². The smallest absolute Gasteiger partial charge is 0.184 e. The molecule has 84 valence electrons. The van der Waals surface area contributed by atoms with E-state index in [0.29, 0.717) is 4.47 Å². The lowest BCUT2D eigenvalue weighted by atomic mass is 10.1. The van der Waals surface area contributed by atoms with Crippen LogP contribution in [-0.4, -0.2) is 19.2 Å². The molecule has 0 spiro atoms. The van der Waals surface area contributed by atoms with Crippen LogP contribution in [0.3, 0.4) is 0 Å². The van der Waals surface area contributed by atoms with Crippen LogP contribution in [0.25, 0.3) is 11.3 Å². The molecule has 5 heteroatoms. The van der Waals surface area contributed by atoms with E-state index in [2.05, 4.69) is 4.98 Å². The Hall–Kier alpha value is -1.26. The highest BCUT2D eigenvalue weighted by molar-refractivity contribution is 7.14. The molecule has 1 aromatic heterocycles. The van der Waals surface area contributed by atoms with Crippen LogP contribution in [0.4, 0.5) is 0 Å². The summed E-state index contributed by atoms with van der Waals surface area (Å²) < 4.78 is 10.9. The third-order valence-electron chi connectivity index (χ3n) is 2.16. The van der Waals surface area contributed by atoms with Crippen molar-refractivity contribution in [3.05, 3.63) is 28.0 Å². The van der Waals surface area contributed by atoms with Gasteiger partial charge in [-0.3, -0.25) is 0 Å². The first-order chi connectivity index (χ1) is 7.74. The first kappa shape index (κ1) is 11.2. The van der Waals surface area contributed by atoms with Crippen LogP contribution in [0.1, 0.15) is 0 Å². The van der Waals surface area contributed by atoms with E-state index >= 15 is 0 Å². The Kier molecular flexibility index (Phi) is 3.31. The van der Waals surface area contributed by atoms with Gasteiger partial charge >= 0.3 is 0 Å². The van der Waals surface area contributed by atoms with Crippen molar-refractivity contribution in [2.24, 2.45) is 0 Å². The van der Waals surface area contributed by atoms with Gasteiger partial charge in [0, 0.05) is 17.0 Å². The monoisotopic (exact) mass is 255 g/mol. The maximum Gasteiger partial charge on any atom is 0.184 e. The first-order valence-electron chi connectivity index (χ1n) is 4.58. The van der Waals surface area contributed by atoms with Crippen LogP contribution in [0.2, 0.25) is 4.47 Å². The molecule has 0 atom stereocenters. The van der Waals surface area contributed by atoms with E-state index in [0.717, 1.165) is 22.8 Å². The molecule has 0 amide bonds. The molecule has 16 heavy (non-hydrogen) atoms. The summed E-state index contributed by atoms with van der Waals surface area (Å²) in [5.74, 6) is 1.48. The van der Waals surface area contributed by atoms with Gasteiger partial charge in [0.25, 0.3) is 0 Å². The second-order valence-electron chi connectivity index (χ2n) is 3.05. The van der Waals surface area contributed by atoms with Crippen LogP contribution in [0, 0.1) is 0 Å². The SMILES string of the molecule is COc1ccc(-c2csc(Cl)n2)c(OC)c1. The second-order valence-corrected chi connectivity index (χ2v) is 4.49. The first-order valence-corrected chi connectivity index (χ1v) is 5.84. The predicted octanol–water partition coefficient (Wildman–Crippen LogP) is 3.48. The highest BCUT2D eigenvalue weighted by Crippen LogP contribution is 2.34. The molecule has 0 aliphatic heterocycles. The summed E-state index contributed by atoms with van der Waals surface area (Å²) in [5, 5.41) is 1.90. The van der Waals surface area contributed by atoms with Crippen molar-refractivity contribution in [1.82, 2.24) is 4.98 Å². The summed E-state index contributed by atoms with van der Waals surface area (Å²) in [7, 11) is 3.24. The van der Waals surface area contributed by atoms with E-state index in [-0.39, 0.29) is 0 Å². The molecule has 0 bridgehead atoms. The molecule has 0 radical (unpaired) electrons. The molecule has 2 aromatic rings. The van der Waals surface area contributed by atoms with Gasteiger partial charge in [-0.1, -0.05) is 11.6 Å². The van der Waals surface area contributed by atoms with Crippen molar-refractivity contribution in [3.8, 4) is 22.8 Å². The molecule has 0 saturated heterocycles. The normalized spacial score (nSPS) is 10.2. The van der Waals surface area contributed by atoms with Crippen molar-refractivity contribution in [3.63, 3.8) is 0 Å². The maximum atomic E-state index is 5.81. The molecule has 0 N–H and O–H groups in total. The van der Waals surface area contributed by atoms with Crippen LogP contribution >= 0.6 is 22.9 Å². The minimum Gasteiger partial charge on any atom is -0.497 e. The third kappa shape index (κ3) is 2.13. The molecule has 0 aliphatic carbocycles. The van der Waals surface area contributed by atoms with Gasteiger partial charge in [-0.15, -0.1) is 11.3 Å². The van der Waals surface area contributed by atoms with Crippen LogP contribution in [-0.2, 0) is 0 Å².